The number of benzene rings is 1. The molecular weight excluding hydrogens is 288 g/mol. The fourth-order valence-corrected chi connectivity index (χ4v) is 2.61. The topological polar surface area (TPSA) is 46.3 Å². The Morgan fingerprint density at radius 2 is 2.04 bits per heavy atom. The molecule has 0 saturated carbocycles. The van der Waals surface area contributed by atoms with Gasteiger partial charge in [-0.15, -0.1) is 0 Å². The van der Waals surface area contributed by atoms with E-state index in [-0.39, 0.29) is 11.9 Å². The van der Waals surface area contributed by atoms with Gasteiger partial charge in [0.1, 0.15) is 5.58 Å². The van der Waals surface area contributed by atoms with Gasteiger partial charge in [0.25, 0.3) is 5.91 Å². The first-order valence-corrected chi connectivity index (χ1v) is 7.72. The number of pyridine rings is 1. The summed E-state index contributed by atoms with van der Waals surface area (Å²) in [5.74, 6) is 0.263. The smallest absolute Gasteiger partial charge is 0.289 e. The summed E-state index contributed by atoms with van der Waals surface area (Å²) in [5, 5.41) is 0.942. The maximum atomic E-state index is 12.6. The number of hydrogen-bond donors (Lipinski definition) is 0. The minimum atomic E-state index is -0.110. The van der Waals surface area contributed by atoms with Gasteiger partial charge in [0.2, 0.25) is 0 Å². The third-order valence-electron chi connectivity index (χ3n) is 4.09. The molecule has 118 valence electrons. The fraction of sp³-hybridized carbons (Fsp3) is 0.263. The Kier molecular flexibility index (Phi) is 4.15. The molecule has 0 bridgehead atoms. The Morgan fingerprint density at radius 1 is 1.26 bits per heavy atom. The summed E-state index contributed by atoms with van der Waals surface area (Å²) in [5.41, 5.74) is 2.90. The number of amides is 1. The van der Waals surface area contributed by atoms with Crippen LogP contribution in [0.4, 0.5) is 0 Å². The molecule has 0 saturated heterocycles. The zero-order chi connectivity index (χ0) is 16.4. The molecule has 0 spiro atoms. The van der Waals surface area contributed by atoms with Gasteiger partial charge in [-0.05, 0) is 43.7 Å². The molecule has 0 unspecified atom stereocenters. The number of rotatable bonds is 4. The fourth-order valence-electron chi connectivity index (χ4n) is 2.61. The van der Waals surface area contributed by atoms with Crippen molar-refractivity contribution in [3.63, 3.8) is 0 Å². The minimum absolute atomic E-state index is 0.0324. The first-order chi connectivity index (χ1) is 11.0. The van der Waals surface area contributed by atoms with E-state index in [0.29, 0.717) is 12.2 Å². The van der Waals surface area contributed by atoms with Crippen LogP contribution in [-0.4, -0.2) is 28.9 Å². The zero-order valence-electron chi connectivity index (χ0n) is 13.6. The van der Waals surface area contributed by atoms with Crippen LogP contribution in [0.5, 0.6) is 0 Å². The van der Waals surface area contributed by atoms with E-state index in [1.54, 1.807) is 24.2 Å². The van der Waals surface area contributed by atoms with E-state index in [1.165, 1.54) is 5.56 Å². The zero-order valence-corrected chi connectivity index (χ0v) is 13.6. The van der Waals surface area contributed by atoms with Crippen molar-refractivity contribution in [2.24, 2.45) is 0 Å². The van der Waals surface area contributed by atoms with E-state index in [4.69, 9.17) is 4.42 Å². The Hall–Kier alpha value is -2.62. The molecule has 3 rings (SSSR count). The number of aromatic nitrogens is 1. The van der Waals surface area contributed by atoms with Crippen molar-refractivity contribution in [1.82, 2.24) is 9.88 Å². The summed E-state index contributed by atoms with van der Waals surface area (Å²) in [4.78, 5) is 18.7. The number of fused-ring (bicyclic) bond motifs is 1. The summed E-state index contributed by atoms with van der Waals surface area (Å²) in [6.45, 7) is 4.06. The highest BCUT2D eigenvalue weighted by Gasteiger charge is 2.21. The monoisotopic (exact) mass is 308 g/mol. The van der Waals surface area contributed by atoms with Crippen LogP contribution in [0, 0.1) is 6.92 Å². The van der Waals surface area contributed by atoms with Gasteiger partial charge < -0.3 is 9.32 Å². The standard InChI is InChI=1S/C19H20N2O2/c1-13-8-9-20-16(10-13)11-14(2)21(3)19(22)18-12-15-6-4-5-7-17(15)23-18/h4-10,12,14H,11H2,1-3H3/t14-/m1/s1. The van der Waals surface area contributed by atoms with Gasteiger partial charge in [0.15, 0.2) is 5.76 Å². The largest absolute Gasteiger partial charge is 0.451 e. The summed E-state index contributed by atoms with van der Waals surface area (Å²) in [6, 6.07) is 13.5. The van der Waals surface area contributed by atoms with Gasteiger partial charge in [-0.25, -0.2) is 0 Å². The molecule has 3 aromatic rings. The molecule has 0 fully saturated rings. The molecule has 1 amide bonds. The first-order valence-electron chi connectivity index (χ1n) is 7.72. The van der Waals surface area contributed by atoms with Crippen molar-refractivity contribution >= 4 is 16.9 Å². The number of furan rings is 1. The third-order valence-corrected chi connectivity index (χ3v) is 4.09. The molecule has 0 aliphatic heterocycles. The van der Waals surface area contributed by atoms with Crippen LogP contribution in [0.2, 0.25) is 0 Å². The quantitative estimate of drug-likeness (QED) is 0.735. The normalized spacial score (nSPS) is 12.3. The second-order valence-corrected chi connectivity index (χ2v) is 5.94. The maximum Gasteiger partial charge on any atom is 0.289 e. The van der Waals surface area contributed by atoms with Crippen molar-refractivity contribution < 1.29 is 9.21 Å². The number of likely N-dealkylation sites (N-methyl/N-ethyl adjacent to an activating group) is 1. The Morgan fingerprint density at radius 3 is 2.78 bits per heavy atom. The molecule has 0 N–H and O–H groups in total. The number of hydrogen-bond acceptors (Lipinski definition) is 3. The number of aryl methyl sites for hydroxylation is 1. The Bertz CT molecular complexity index is 805. The van der Waals surface area contributed by atoms with Gasteiger partial charge in [0.05, 0.1) is 0 Å². The van der Waals surface area contributed by atoms with E-state index in [0.717, 1.165) is 16.7 Å². The van der Waals surface area contributed by atoms with Crippen LogP contribution < -0.4 is 0 Å². The lowest BCUT2D eigenvalue weighted by Crippen LogP contribution is -2.36. The molecule has 0 aliphatic carbocycles. The van der Waals surface area contributed by atoms with Crippen LogP contribution in [0.15, 0.2) is 53.1 Å². The predicted octanol–water partition coefficient (Wildman–Crippen LogP) is 3.84. The van der Waals surface area contributed by atoms with Crippen molar-refractivity contribution in [2.45, 2.75) is 26.3 Å². The molecule has 2 heterocycles. The molecule has 0 aliphatic rings. The van der Waals surface area contributed by atoms with E-state index < -0.39 is 0 Å². The van der Waals surface area contributed by atoms with Gasteiger partial charge in [0, 0.05) is 36.8 Å². The van der Waals surface area contributed by atoms with Crippen molar-refractivity contribution in [3.8, 4) is 0 Å². The number of nitrogens with zero attached hydrogens (tertiary/aromatic N) is 2. The molecule has 4 heteroatoms. The van der Waals surface area contributed by atoms with Gasteiger partial charge in [-0.2, -0.15) is 0 Å². The second-order valence-electron chi connectivity index (χ2n) is 5.94. The summed E-state index contributed by atoms with van der Waals surface area (Å²) >= 11 is 0. The molecule has 1 atom stereocenters. The lowest BCUT2D eigenvalue weighted by atomic mass is 10.1. The predicted molar refractivity (Wildman–Crippen MR) is 90.4 cm³/mol. The van der Waals surface area contributed by atoms with Gasteiger partial charge >= 0.3 is 0 Å². The molecule has 0 radical (unpaired) electrons. The number of carbonyl (C=O) groups is 1. The lowest BCUT2D eigenvalue weighted by Gasteiger charge is -2.23. The molecular formula is C19H20N2O2. The third kappa shape index (κ3) is 3.26. The summed E-state index contributed by atoms with van der Waals surface area (Å²) < 4.78 is 5.66. The summed E-state index contributed by atoms with van der Waals surface area (Å²) in [6.07, 6.45) is 2.52. The van der Waals surface area contributed by atoms with Crippen molar-refractivity contribution in [3.05, 3.63) is 65.7 Å². The Labute approximate surface area is 135 Å². The molecule has 4 nitrogen and oxygen atoms in total. The van der Waals surface area contributed by atoms with E-state index in [1.807, 2.05) is 44.2 Å². The highest BCUT2D eigenvalue weighted by molar-refractivity contribution is 5.96. The van der Waals surface area contributed by atoms with Gasteiger partial charge in [-0.3, -0.25) is 9.78 Å². The molecule has 2 aromatic heterocycles. The van der Waals surface area contributed by atoms with Gasteiger partial charge in [-0.1, -0.05) is 18.2 Å². The molecule has 1 aromatic carbocycles. The minimum Gasteiger partial charge on any atom is -0.451 e. The van der Waals surface area contributed by atoms with Crippen LogP contribution in [0.1, 0.15) is 28.7 Å². The van der Waals surface area contributed by atoms with Crippen LogP contribution in [-0.2, 0) is 6.42 Å². The first kappa shape index (κ1) is 15.3. The van der Waals surface area contributed by atoms with Crippen LogP contribution in [0.25, 0.3) is 11.0 Å². The molecule has 23 heavy (non-hydrogen) atoms. The maximum absolute atomic E-state index is 12.6. The SMILES string of the molecule is Cc1ccnc(C[C@@H](C)N(C)C(=O)c2cc3ccccc3o2)c1. The number of para-hydroxylation sites is 1. The van der Waals surface area contributed by atoms with Crippen molar-refractivity contribution in [1.29, 1.82) is 0 Å². The highest BCUT2D eigenvalue weighted by Crippen LogP contribution is 2.20. The van der Waals surface area contributed by atoms with E-state index in [2.05, 4.69) is 11.1 Å². The van der Waals surface area contributed by atoms with Crippen LogP contribution >= 0.6 is 0 Å². The average molecular weight is 308 g/mol. The van der Waals surface area contributed by atoms with E-state index >= 15 is 0 Å². The summed E-state index contributed by atoms with van der Waals surface area (Å²) in [7, 11) is 1.80. The number of carbonyl (C=O) groups excluding carboxylic acids is 1. The Balaban J connectivity index is 1.75. The van der Waals surface area contributed by atoms with E-state index in [9.17, 15) is 4.79 Å². The van der Waals surface area contributed by atoms with Crippen molar-refractivity contribution in [2.75, 3.05) is 7.05 Å². The average Bonchev–Trinajstić information content (AvgIpc) is 2.97. The highest BCUT2D eigenvalue weighted by atomic mass is 16.3. The lowest BCUT2D eigenvalue weighted by molar-refractivity contribution is 0.0713. The van der Waals surface area contributed by atoms with Crippen LogP contribution in [0.3, 0.4) is 0 Å². The second kappa shape index (κ2) is 6.24.